The summed E-state index contributed by atoms with van der Waals surface area (Å²) in [5.74, 6) is -0.386. The van der Waals surface area contributed by atoms with Crippen molar-refractivity contribution in [3.63, 3.8) is 0 Å². The Morgan fingerprint density at radius 1 is 1.25 bits per heavy atom. The summed E-state index contributed by atoms with van der Waals surface area (Å²) in [5.41, 5.74) is 3.99. The molecule has 5 heteroatoms. The van der Waals surface area contributed by atoms with Crippen LogP contribution in [0, 0.1) is 19.8 Å². The van der Waals surface area contributed by atoms with Gasteiger partial charge in [-0.15, -0.1) is 0 Å². The van der Waals surface area contributed by atoms with Gasteiger partial charge in [-0.05, 0) is 36.6 Å². The van der Waals surface area contributed by atoms with E-state index in [0.29, 0.717) is 13.1 Å². The molecule has 1 aromatic heterocycles. The summed E-state index contributed by atoms with van der Waals surface area (Å²) in [5, 5.41) is 2.90. The van der Waals surface area contributed by atoms with Gasteiger partial charge in [0.2, 0.25) is 11.8 Å². The Bertz CT molecular complexity index is 738. The zero-order chi connectivity index (χ0) is 17.1. The van der Waals surface area contributed by atoms with Gasteiger partial charge in [-0.3, -0.25) is 14.6 Å². The Hall–Kier alpha value is -2.69. The van der Waals surface area contributed by atoms with Crippen LogP contribution in [0.4, 0.5) is 5.69 Å². The number of anilines is 1. The Morgan fingerprint density at radius 2 is 2.00 bits per heavy atom. The zero-order valence-electron chi connectivity index (χ0n) is 14.0. The topological polar surface area (TPSA) is 62.3 Å². The second-order valence-corrected chi connectivity index (χ2v) is 6.22. The molecule has 0 saturated carbocycles. The lowest BCUT2D eigenvalue weighted by molar-refractivity contribution is -0.126. The van der Waals surface area contributed by atoms with Gasteiger partial charge < -0.3 is 10.2 Å². The lowest BCUT2D eigenvalue weighted by atomic mass is 10.1. The Kier molecular flexibility index (Phi) is 4.60. The third-order valence-electron chi connectivity index (χ3n) is 4.39. The summed E-state index contributed by atoms with van der Waals surface area (Å²) < 4.78 is 0. The number of amides is 2. The molecule has 2 amide bonds. The monoisotopic (exact) mass is 323 g/mol. The molecule has 1 N–H and O–H groups in total. The van der Waals surface area contributed by atoms with Crippen LogP contribution in [0.3, 0.4) is 0 Å². The van der Waals surface area contributed by atoms with Crippen LogP contribution in [0.2, 0.25) is 0 Å². The molecule has 24 heavy (non-hydrogen) atoms. The van der Waals surface area contributed by atoms with Gasteiger partial charge in [0.1, 0.15) is 0 Å². The van der Waals surface area contributed by atoms with E-state index in [9.17, 15) is 9.59 Å². The molecule has 1 aliphatic rings. The van der Waals surface area contributed by atoms with Gasteiger partial charge in [0, 0.05) is 37.6 Å². The van der Waals surface area contributed by atoms with Crippen molar-refractivity contribution in [3.8, 4) is 0 Å². The minimum Gasteiger partial charge on any atom is -0.352 e. The molecule has 0 bridgehead atoms. The maximum atomic E-state index is 12.4. The number of nitrogens with one attached hydrogen (secondary N) is 1. The molecule has 0 unspecified atom stereocenters. The van der Waals surface area contributed by atoms with E-state index < -0.39 is 0 Å². The first kappa shape index (κ1) is 16.2. The number of hydrogen-bond acceptors (Lipinski definition) is 3. The first-order valence-electron chi connectivity index (χ1n) is 8.09. The average Bonchev–Trinajstić information content (AvgIpc) is 2.95. The molecule has 1 aliphatic heterocycles. The van der Waals surface area contributed by atoms with Crippen molar-refractivity contribution in [2.75, 3.05) is 11.4 Å². The van der Waals surface area contributed by atoms with Gasteiger partial charge in [-0.25, -0.2) is 0 Å². The third kappa shape index (κ3) is 3.30. The molecule has 0 aliphatic carbocycles. The minimum atomic E-state index is -0.312. The molecule has 124 valence electrons. The fraction of sp³-hybridized carbons (Fsp3) is 0.316. The summed E-state index contributed by atoms with van der Waals surface area (Å²) in [7, 11) is 0. The van der Waals surface area contributed by atoms with E-state index in [2.05, 4.69) is 10.3 Å². The van der Waals surface area contributed by atoms with Crippen molar-refractivity contribution >= 4 is 17.5 Å². The van der Waals surface area contributed by atoms with Gasteiger partial charge in [0.05, 0.1) is 5.92 Å². The number of nitrogens with zero attached hydrogens (tertiary/aromatic N) is 2. The minimum absolute atomic E-state index is 0.00827. The molecule has 0 radical (unpaired) electrons. The van der Waals surface area contributed by atoms with Crippen molar-refractivity contribution in [1.29, 1.82) is 0 Å². The fourth-order valence-corrected chi connectivity index (χ4v) is 3.17. The van der Waals surface area contributed by atoms with Crippen LogP contribution < -0.4 is 10.2 Å². The molecule has 1 saturated heterocycles. The van der Waals surface area contributed by atoms with E-state index in [1.54, 1.807) is 17.3 Å². The first-order valence-corrected chi connectivity index (χ1v) is 8.09. The highest BCUT2D eigenvalue weighted by Crippen LogP contribution is 2.30. The van der Waals surface area contributed by atoms with E-state index in [1.165, 1.54) is 0 Å². The number of aromatic nitrogens is 1. The SMILES string of the molecule is Cc1cccc(C)c1N1C[C@@H](C(=O)NCc2cccnc2)CC1=O. The zero-order valence-corrected chi connectivity index (χ0v) is 14.0. The normalized spacial score (nSPS) is 17.2. The summed E-state index contributed by atoms with van der Waals surface area (Å²) >= 11 is 0. The maximum absolute atomic E-state index is 12.4. The van der Waals surface area contributed by atoms with Crippen LogP contribution in [0.1, 0.15) is 23.1 Å². The molecule has 2 heterocycles. The summed E-state index contributed by atoms with van der Waals surface area (Å²) in [6.45, 7) is 4.85. The van der Waals surface area contributed by atoms with Gasteiger partial charge in [0.25, 0.3) is 0 Å². The molecule has 3 rings (SSSR count). The molecular formula is C19H21N3O2. The van der Waals surface area contributed by atoms with E-state index in [4.69, 9.17) is 0 Å². The van der Waals surface area contributed by atoms with E-state index in [1.807, 2.05) is 44.2 Å². The van der Waals surface area contributed by atoms with E-state index in [0.717, 1.165) is 22.4 Å². The number of aryl methyl sites for hydroxylation is 2. The highest BCUT2D eigenvalue weighted by molar-refractivity contribution is 6.01. The summed E-state index contributed by atoms with van der Waals surface area (Å²) in [4.78, 5) is 30.6. The van der Waals surface area contributed by atoms with Crippen LogP contribution in [0.5, 0.6) is 0 Å². The van der Waals surface area contributed by atoms with Crippen molar-refractivity contribution in [2.24, 2.45) is 5.92 Å². The molecule has 1 fully saturated rings. The number of carbonyl (C=O) groups is 2. The standard InChI is InChI=1S/C19H21N3O2/c1-13-5-3-6-14(2)18(13)22-12-16(9-17(22)23)19(24)21-11-15-7-4-8-20-10-15/h3-8,10,16H,9,11-12H2,1-2H3,(H,21,24)/t16-/m0/s1. The number of rotatable bonds is 4. The maximum Gasteiger partial charge on any atom is 0.227 e. The van der Waals surface area contributed by atoms with E-state index in [-0.39, 0.29) is 24.2 Å². The quantitative estimate of drug-likeness (QED) is 0.939. The second-order valence-electron chi connectivity index (χ2n) is 6.22. The lowest BCUT2D eigenvalue weighted by Gasteiger charge is -2.21. The predicted molar refractivity (Wildman–Crippen MR) is 92.5 cm³/mol. The first-order chi connectivity index (χ1) is 11.6. The highest BCUT2D eigenvalue weighted by atomic mass is 16.2. The van der Waals surface area contributed by atoms with Gasteiger partial charge in [0.15, 0.2) is 0 Å². The molecule has 1 atom stereocenters. The largest absolute Gasteiger partial charge is 0.352 e. The third-order valence-corrected chi connectivity index (χ3v) is 4.39. The smallest absolute Gasteiger partial charge is 0.227 e. The number of para-hydroxylation sites is 1. The Labute approximate surface area is 141 Å². The van der Waals surface area contributed by atoms with Gasteiger partial charge >= 0.3 is 0 Å². The van der Waals surface area contributed by atoms with Crippen molar-refractivity contribution in [2.45, 2.75) is 26.8 Å². The van der Waals surface area contributed by atoms with Crippen LogP contribution in [-0.2, 0) is 16.1 Å². The molecular weight excluding hydrogens is 302 g/mol. The fourth-order valence-electron chi connectivity index (χ4n) is 3.17. The van der Waals surface area contributed by atoms with Gasteiger partial charge in [-0.1, -0.05) is 24.3 Å². The number of benzene rings is 1. The second kappa shape index (κ2) is 6.83. The summed E-state index contributed by atoms with van der Waals surface area (Å²) in [6.07, 6.45) is 3.68. The van der Waals surface area contributed by atoms with Crippen LogP contribution in [-0.4, -0.2) is 23.3 Å². The van der Waals surface area contributed by atoms with Crippen molar-refractivity contribution in [3.05, 3.63) is 59.4 Å². The predicted octanol–water partition coefficient (Wildman–Crippen LogP) is 2.37. The number of carbonyl (C=O) groups excluding carboxylic acids is 2. The molecule has 1 aromatic carbocycles. The highest BCUT2D eigenvalue weighted by Gasteiger charge is 2.36. The number of pyridine rings is 1. The van der Waals surface area contributed by atoms with Crippen LogP contribution >= 0.6 is 0 Å². The van der Waals surface area contributed by atoms with Crippen molar-refractivity contribution in [1.82, 2.24) is 10.3 Å². The molecule has 2 aromatic rings. The van der Waals surface area contributed by atoms with Crippen LogP contribution in [0.25, 0.3) is 0 Å². The Morgan fingerprint density at radius 3 is 2.67 bits per heavy atom. The van der Waals surface area contributed by atoms with Crippen molar-refractivity contribution < 1.29 is 9.59 Å². The molecule has 5 nitrogen and oxygen atoms in total. The number of hydrogen-bond donors (Lipinski definition) is 1. The van der Waals surface area contributed by atoms with Crippen LogP contribution in [0.15, 0.2) is 42.7 Å². The van der Waals surface area contributed by atoms with Gasteiger partial charge in [-0.2, -0.15) is 0 Å². The average molecular weight is 323 g/mol. The lowest BCUT2D eigenvalue weighted by Crippen LogP contribution is -2.33. The summed E-state index contributed by atoms with van der Waals surface area (Å²) in [6, 6.07) is 9.71. The van der Waals surface area contributed by atoms with E-state index >= 15 is 0 Å². The molecule has 0 spiro atoms. The Balaban J connectivity index is 1.67.